The Morgan fingerprint density at radius 1 is 1.17 bits per heavy atom. The Bertz CT molecular complexity index is 739. The van der Waals surface area contributed by atoms with Crippen molar-refractivity contribution in [1.29, 1.82) is 0 Å². The predicted octanol–water partition coefficient (Wildman–Crippen LogP) is 0.132. The summed E-state index contributed by atoms with van der Waals surface area (Å²) in [6.07, 6.45) is 0. The van der Waals surface area contributed by atoms with Gasteiger partial charge in [-0.25, -0.2) is 18.2 Å². The summed E-state index contributed by atoms with van der Waals surface area (Å²) < 4.78 is 25.4. The van der Waals surface area contributed by atoms with Crippen LogP contribution in [0.5, 0.6) is 0 Å². The lowest BCUT2D eigenvalue weighted by Gasteiger charge is -2.08. The Labute approximate surface area is 104 Å². The second kappa shape index (κ2) is 4.11. The highest BCUT2D eigenvalue weighted by Gasteiger charge is 2.10. The Hall–Kier alpha value is -1.86. The number of nitrogens with two attached hydrogens (primary N) is 1. The van der Waals surface area contributed by atoms with Crippen LogP contribution in [0.3, 0.4) is 0 Å². The molecule has 0 spiro atoms. The fourth-order valence-electron chi connectivity index (χ4n) is 1.72. The largest absolute Gasteiger partial charge is 0.285 e. The van der Waals surface area contributed by atoms with Gasteiger partial charge in [0.1, 0.15) is 0 Å². The topological polar surface area (TPSA) is 87.1 Å². The first-order valence-electron chi connectivity index (χ1n) is 5.19. The highest BCUT2D eigenvalue weighted by atomic mass is 32.2. The van der Waals surface area contributed by atoms with E-state index in [-0.39, 0.29) is 10.5 Å². The van der Waals surface area contributed by atoms with Gasteiger partial charge in [-0.05, 0) is 31.2 Å². The second-order valence-electron chi connectivity index (χ2n) is 4.00. The molecule has 0 aliphatic rings. The molecule has 96 valence electrons. The maximum Gasteiger partial charge on any atom is 0.271 e. The highest BCUT2D eigenvalue weighted by Crippen LogP contribution is 2.11. The molecular formula is C11H13N3O3S. The predicted molar refractivity (Wildman–Crippen MR) is 67.1 cm³/mol. The van der Waals surface area contributed by atoms with Gasteiger partial charge < -0.3 is 0 Å². The fourth-order valence-corrected chi connectivity index (χ4v) is 2.23. The van der Waals surface area contributed by atoms with Gasteiger partial charge in [0.15, 0.2) is 0 Å². The molecule has 0 atom stereocenters. The van der Waals surface area contributed by atoms with Crippen LogP contribution in [0.1, 0.15) is 5.69 Å². The summed E-state index contributed by atoms with van der Waals surface area (Å²) in [4.78, 5) is 11.8. The van der Waals surface area contributed by atoms with Crippen LogP contribution in [-0.2, 0) is 17.1 Å². The van der Waals surface area contributed by atoms with Crippen molar-refractivity contribution < 1.29 is 8.42 Å². The van der Waals surface area contributed by atoms with Crippen LogP contribution >= 0.6 is 0 Å². The van der Waals surface area contributed by atoms with Crippen molar-refractivity contribution in [1.82, 2.24) is 9.36 Å². The summed E-state index contributed by atoms with van der Waals surface area (Å²) in [7, 11) is -1.96. The first-order valence-corrected chi connectivity index (χ1v) is 6.74. The summed E-state index contributed by atoms with van der Waals surface area (Å²) in [5.74, 6) is 0. The van der Waals surface area contributed by atoms with E-state index in [1.807, 2.05) is 6.92 Å². The number of aromatic nitrogens is 2. The third-order valence-corrected chi connectivity index (χ3v) is 3.69. The minimum Gasteiger partial charge on any atom is -0.285 e. The maximum atomic E-state index is 11.7. The monoisotopic (exact) mass is 267 g/mol. The first-order chi connectivity index (χ1) is 8.30. The van der Waals surface area contributed by atoms with Crippen LogP contribution in [0.25, 0.3) is 5.69 Å². The molecule has 1 heterocycles. The smallest absolute Gasteiger partial charge is 0.271 e. The number of nitrogens with zero attached hydrogens (tertiary/aromatic N) is 2. The van der Waals surface area contributed by atoms with Gasteiger partial charge in [-0.1, -0.05) is 0 Å². The third kappa shape index (κ3) is 2.09. The van der Waals surface area contributed by atoms with Crippen LogP contribution in [-0.4, -0.2) is 17.8 Å². The van der Waals surface area contributed by atoms with Crippen LogP contribution in [0.2, 0.25) is 0 Å². The number of sulfonamides is 1. The van der Waals surface area contributed by atoms with Crippen LogP contribution in [0, 0.1) is 6.92 Å². The normalized spacial score (nSPS) is 11.7. The number of rotatable bonds is 2. The summed E-state index contributed by atoms with van der Waals surface area (Å²) in [5.41, 5.74) is 1.23. The molecule has 1 aromatic heterocycles. The van der Waals surface area contributed by atoms with E-state index in [2.05, 4.69) is 0 Å². The zero-order valence-corrected chi connectivity index (χ0v) is 10.8. The molecular weight excluding hydrogens is 254 g/mol. The Balaban J connectivity index is 2.57. The minimum atomic E-state index is -3.71. The molecule has 1 aromatic carbocycles. The van der Waals surface area contributed by atoms with Crippen molar-refractivity contribution in [2.45, 2.75) is 11.8 Å². The first kappa shape index (κ1) is 12.6. The highest BCUT2D eigenvalue weighted by molar-refractivity contribution is 7.89. The van der Waals surface area contributed by atoms with Crippen molar-refractivity contribution >= 4 is 10.0 Å². The number of aryl methyl sites for hydroxylation is 1. The molecule has 0 aliphatic heterocycles. The van der Waals surface area contributed by atoms with E-state index < -0.39 is 10.0 Å². The van der Waals surface area contributed by atoms with Gasteiger partial charge in [0.05, 0.1) is 10.6 Å². The molecule has 2 aromatic rings. The number of benzene rings is 1. The van der Waals surface area contributed by atoms with Gasteiger partial charge in [0.2, 0.25) is 10.0 Å². The van der Waals surface area contributed by atoms with Crippen molar-refractivity contribution in [3.8, 4) is 5.69 Å². The second-order valence-corrected chi connectivity index (χ2v) is 5.56. The summed E-state index contributed by atoms with van der Waals surface area (Å²) >= 11 is 0. The Kier molecular flexibility index (Phi) is 2.88. The average Bonchev–Trinajstić information content (AvgIpc) is 2.52. The molecule has 0 saturated carbocycles. The molecule has 2 rings (SSSR count). The Morgan fingerprint density at radius 3 is 2.11 bits per heavy atom. The lowest BCUT2D eigenvalue weighted by Crippen LogP contribution is -2.19. The van der Waals surface area contributed by atoms with Crippen molar-refractivity contribution in [2.75, 3.05) is 0 Å². The molecule has 0 unspecified atom stereocenters. The fraction of sp³-hybridized carbons (Fsp3) is 0.182. The van der Waals surface area contributed by atoms with E-state index in [1.165, 1.54) is 22.9 Å². The van der Waals surface area contributed by atoms with Gasteiger partial charge >= 0.3 is 0 Å². The van der Waals surface area contributed by atoms with Gasteiger partial charge in [0.25, 0.3) is 5.56 Å². The molecule has 0 bridgehead atoms. The van der Waals surface area contributed by atoms with E-state index >= 15 is 0 Å². The van der Waals surface area contributed by atoms with E-state index in [0.29, 0.717) is 5.69 Å². The zero-order valence-electron chi connectivity index (χ0n) is 9.99. The molecule has 7 heteroatoms. The van der Waals surface area contributed by atoms with E-state index in [1.54, 1.807) is 23.9 Å². The van der Waals surface area contributed by atoms with Crippen LogP contribution < -0.4 is 10.7 Å². The van der Waals surface area contributed by atoms with Crippen LogP contribution in [0.4, 0.5) is 0 Å². The van der Waals surface area contributed by atoms with Gasteiger partial charge in [-0.3, -0.25) is 9.48 Å². The van der Waals surface area contributed by atoms with E-state index in [9.17, 15) is 13.2 Å². The summed E-state index contributed by atoms with van der Waals surface area (Å²) in [6.45, 7) is 1.82. The van der Waals surface area contributed by atoms with Crippen LogP contribution in [0.15, 0.2) is 40.0 Å². The summed E-state index contributed by atoms with van der Waals surface area (Å²) in [5, 5.41) is 5.01. The molecule has 0 aliphatic carbocycles. The SMILES string of the molecule is Cc1cc(=O)n(-c2ccc(S(N)(=O)=O)cc2)n1C. The molecule has 0 amide bonds. The number of hydrogen-bond donors (Lipinski definition) is 1. The lowest BCUT2D eigenvalue weighted by atomic mass is 10.3. The van der Waals surface area contributed by atoms with Crippen molar-refractivity contribution in [3.05, 3.63) is 46.4 Å². The van der Waals surface area contributed by atoms with Crippen molar-refractivity contribution in [3.63, 3.8) is 0 Å². The van der Waals surface area contributed by atoms with E-state index in [0.717, 1.165) is 5.69 Å². The summed E-state index contributed by atoms with van der Waals surface area (Å²) in [6, 6.07) is 7.34. The van der Waals surface area contributed by atoms with Gasteiger partial charge in [-0.2, -0.15) is 0 Å². The molecule has 2 N–H and O–H groups in total. The molecule has 0 saturated heterocycles. The van der Waals surface area contributed by atoms with Gasteiger partial charge in [-0.15, -0.1) is 0 Å². The average molecular weight is 267 g/mol. The van der Waals surface area contributed by atoms with Crippen molar-refractivity contribution in [2.24, 2.45) is 12.2 Å². The molecule has 0 fully saturated rings. The standard InChI is InChI=1S/C11H13N3O3S/c1-8-7-11(15)14(13(8)2)9-3-5-10(6-4-9)18(12,16)17/h3-7H,1-2H3,(H2,12,16,17). The molecule has 0 radical (unpaired) electrons. The third-order valence-electron chi connectivity index (χ3n) is 2.76. The van der Waals surface area contributed by atoms with E-state index in [4.69, 9.17) is 5.14 Å². The molecule has 6 nitrogen and oxygen atoms in total. The maximum absolute atomic E-state index is 11.7. The Morgan fingerprint density at radius 2 is 1.72 bits per heavy atom. The number of hydrogen-bond acceptors (Lipinski definition) is 3. The lowest BCUT2D eigenvalue weighted by molar-refractivity contribution is 0.597. The molecule has 18 heavy (non-hydrogen) atoms. The zero-order chi connectivity index (χ0) is 13.5. The minimum absolute atomic E-state index is 0.0187. The van der Waals surface area contributed by atoms with Gasteiger partial charge in [0, 0.05) is 18.8 Å². The quantitative estimate of drug-likeness (QED) is 0.839. The number of primary sulfonamides is 1.